The van der Waals surface area contributed by atoms with Gasteiger partial charge in [0.25, 0.3) is 0 Å². The zero-order chi connectivity index (χ0) is 21.2. The lowest BCUT2D eigenvalue weighted by Gasteiger charge is -2.20. The quantitative estimate of drug-likeness (QED) is 0.551. The number of thiazole rings is 1. The average Bonchev–Trinajstić information content (AvgIpc) is 3.29. The van der Waals surface area contributed by atoms with Crippen molar-refractivity contribution >= 4 is 22.7 Å². The van der Waals surface area contributed by atoms with Gasteiger partial charge in [0.2, 0.25) is 5.75 Å². The first kappa shape index (κ1) is 22.4. The second-order valence-corrected chi connectivity index (χ2v) is 6.77. The van der Waals surface area contributed by atoms with Crippen LogP contribution in [0.5, 0.6) is 17.2 Å². The summed E-state index contributed by atoms with van der Waals surface area (Å²) in [4.78, 5) is 6.64. The van der Waals surface area contributed by atoms with Crippen molar-refractivity contribution in [1.29, 1.82) is 0 Å². The number of benzene rings is 2. The summed E-state index contributed by atoms with van der Waals surface area (Å²) >= 11 is 1.63. The zero-order valence-corrected chi connectivity index (χ0v) is 18.5. The molecule has 1 aromatic heterocycles. The molecule has 7 heteroatoms. The van der Waals surface area contributed by atoms with Crippen LogP contribution in [0.3, 0.4) is 0 Å². The van der Waals surface area contributed by atoms with E-state index in [1.165, 1.54) is 11.3 Å². The monoisotopic (exact) mass is 415 g/mol. The molecule has 1 heterocycles. The molecule has 156 valence electrons. The molecule has 0 saturated heterocycles. The number of ether oxygens (including phenoxy) is 3. The zero-order valence-electron chi connectivity index (χ0n) is 17.6. The highest BCUT2D eigenvalue weighted by Gasteiger charge is 2.11. The van der Waals surface area contributed by atoms with Crippen molar-refractivity contribution in [2.45, 2.75) is 13.8 Å². The predicted octanol–water partition coefficient (Wildman–Crippen LogP) is 4.95. The van der Waals surface area contributed by atoms with E-state index >= 15 is 0 Å². The number of methoxy groups -OCH3 is 3. The Balaban J connectivity index is 0.000000212. The molecule has 0 unspecified atom stereocenters. The van der Waals surface area contributed by atoms with E-state index in [0.29, 0.717) is 22.9 Å². The van der Waals surface area contributed by atoms with Gasteiger partial charge < -0.3 is 24.8 Å². The standard InChI is InChI=1S/C13H16N2S.C9H13NO3/c1-3-15(4-2)12-7-5-11(6-8-12)13-9-16-10-14-13;1-11-7-4-6(10)5-8(12-2)9(7)13-3/h5-10H,3-4H2,1-2H3;4-5H,10H2,1-3H3. The second-order valence-electron chi connectivity index (χ2n) is 6.05. The van der Waals surface area contributed by atoms with Crippen LogP contribution in [0, 0.1) is 0 Å². The van der Waals surface area contributed by atoms with Gasteiger partial charge in [-0.25, -0.2) is 4.98 Å². The fourth-order valence-corrected chi connectivity index (χ4v) is 3.45. The van der Waals surface area contributed by atoms with Crippen molar-refractivity contribution in [3.63, 3.8) is 0 Å². The van der Waals surface area contributed by atoms with Crippen LogP contribution in [0.4, 0.5) is 11.4 Å². The van der Waals surface area contributed by atoms with Gasteiger partial charge >= 0.3 is 0 Å². The van der Waals surface area contributed by atoms with E-state index in [2.05, 4.69) is 53.4 Å². The Labute approximate surface area is 176 Å². The number of hydrogen-bond donors (Lipinski definition) is 1. The lowest BCUT2D eigenvalue weighted by Crippen LogP contribution is -2.21. The molecule has 0 spiro atoms. The van der Waals surface area contributed by atoms with E-state index in [1.54, 1.807) is 44.8 Å². The van der Waals surface area contributed by atoms with Crippen LogP contribution in [0.25, 0.3) is 11.3 Å². The van der Waals surface area contributed by atoms with Gasteiger partial charge in [-0.1, -0.05) is 12.1 Å². The molecular weight excluding hydrogens is 386 g/mol. The van der Waals surface area contributed by atoms with Gasteiger partial charge in [-0.2, -0.15) is 0 Å². The maximum absolute atomic E-state index is 5.62. The molecule has 2 N–H and O–H groups in total. The summed E-state index contributed by atoms with van der Waals surface area (Å²) in [6, 6.07) is 12.0. The Morgan fingerprint density at radius 1 is 0.931 bits per heavy atom. The number of nitrogens with two attached hydrogens (primary N) is 1. The molecule has 3 rings (SSSR count). The van der Waals surface area contributed by atoms with Crippen molar-refractivity contribution in [2.24, 2.45) is 0 Å². The molecule has 0 radical (unpaired) electrons. The summed E-state index contributed by atoms with van der Waals surface area (Å²) in [5.41, 5.74) is 11.6. The summed E-state index contributed by atoms with van der Waals surface area (Å²) in [5.74, 6) is 1.69. The third-order valence-electron chi connectivity index (χ3n) is 4.41. The maximum atomic E-state index is 5.62. The molecule has 0 aliphatic rings. The first-order chi connectivity index (χ1) is 14.1. The van der Waals surface area contributed by atoms with Gasteiger partial charge in [0, 0.05) is 47.5 Å². The van der Waals surface area contributed by atoms with Crippen molar-refractivity contribution < 1.29 is 14.2 Å². The Bertz CT molecular complexity index is 839. The number of hydrogen-bond acceptors (Lipinski definition) is 7. The number of anilines is 2. The Kier molecular flexibility index (Phi) is 8.61. The average molecular weight is 416 g/mol. The molecule has 0 bridgehead atoms. The minimum Gasteiger partial charge on any atom is -0.493 e. The van der Waals surface area contributed by atoms with Gasteiger partial charge in [0.05, 0.1) is 32.5 Å². The summed E-state index contributed by atoms with van der Waals surface area (Å²) in [7, 11) is 4.66. The SMILES string of the molecule is CCN(CC)c1ccc(-c2cscn2)cc1.COc1cc(N)cc(OC)c1OC. The molecular formula is C22H29N3O3S. The van der Waals surface area contributed by atoms with Gasteiger partial charge in [-0.15, -0.1) is 11.3 Å². The highest BCUT2D eigenvalue weighted by Crippen LogP contribution is 2.38. The molecule has 0 fully saturated rings. The number of nitrogens with zero attached hydrogens (tertiary/aromatic N) is 2. The van der Waals surface area contributed by atoms with Crippen molar-refractivity contribution in [3.05, 3.63) is 47.3 Å². The first-order valence-corrected chi connectivity index (χ1v) is 10.3. The summed E-state index contributed by atoms with van der Waals surface area (Å²) < 4.78 is 15.3. The molecule has 29 heavy (non-hydrogen) atoms. The Morgan fingerprint density at radius 3 is 1.93 bits per heavy atom. The van der Waals surface area contributed by atoms with E-state index in [1.807, 2.05) is 5.51 Å². The molecule has 0 amide bonds. The van der Waals surface area contributed by atoms with Crippen LogP contribution in [-0.2, 0) is 0 Å². The number of nitrogen functional groups attached to an aromatic ring is 1. The van der Waals surface area contributed by atoms with Gasteiger partial charge in [-0.05, 0) is 26.0 Å². The minimum atomic E-state index is 0.555. The van der Waals surface area contributed by atoms with Crippen LogP contribution in [0.2, 0.25) is 0 Å². The van der Waals surface area contributed by atoms with Crippen LogP contribution in [-0.4, -0.2) is 39.4 Å². The number of aromatic nitrogens is 1. The maximum Gasteiger partial charge on any atom is 0.203 e. The highest BCUT2D eigenvalue weighted by molar-refractivity contribution is 7.07. The fraction of sp³-hybridized carbons (Fsp3) is 0.318. The highest BCUT2D eigenvalue weighted by atomic mass is 32.1. The van der Waals surface area contributed by atoms with Gasteiger partial charge in [-0.3, -0.25) is 0 Å². The van der Waals surface area contributed by atoms with Crippen molar-refractivity contribution in [1.82, 2.24) is 4.98 Å². The van der Waals surface area contributed by atoms with E-state index < -0.39 is 0 Å². The normalized spacial score (nSPS) is 9.97. The molecule has 0 saturated carbocycles. The van der Waals surface area contributed by atoms with Gasteiger partial charge in [0.1, 0.15) is 0 Å². The largest absolute Gasteiger partial charge is 0.493 e. The lowest BCUT2D eigenvalue weighted by atomic mass is 10.1. The Morgan fingerprint density at radius 2 is 1.52 bits per heavy atom. The van der Waals surface area contributed by atoms with Crippen LogP contribution in [0.15, 0.2) is 47.3 Å². The molecule has 2 aromatic carbocycles. The lowest BCUT2D eigenvalue weighted by molar-refractivity contribution is 0.325. The molecule has 0 aliphatic heterocycles. The third-order valence-corrected chi connectivity index (χ3v) is 5.00. The van der Waals surface area contributed by atoms with Crippen molar-refractivity contribution in [2.75, 3.05) is 45.1 Å². The van der Waals surface area contributed by atoms with E-state index in [-0.39, 0.29) is 0 Å². The van der Waals surface area contributed by atoms with Crippen molar-refractivity contribution in [3.8, 4) is 28.5 Å². The molecule has 6 nitrogen and oxygen atoms in total. The Hall–Kier alpha value is -2.93. The topological polar surface area (TPSA) is 69.8 Å². The summed E-state index contributed by atoms with van der Waals surface area (Å²) in [6.07, 6.45) is 0. The smallest absolute Gasteiger partial charge is 0.203 e. The van der Waals surface area contributed by atoms with Gasteiger partial charge in [0.15, 0.2) is 11.5 Å². The molecule has 0 aliphatic carbocycles. The summed E-state index contributed by atoms with van der Waals surface area (Å²) in [5, 5.41) is 2.08. The first-order valence-electron chi connectivity index (χ1n) is 9.36. The minimum absolute atomic E-state index is 0.555. The molecule has 3 aromatic rings. The predicted molar refractivity (Wildman–Crippen MR) is 122 cm³/mol. The van der Waals surface area contributed by atoms with E-state index in [9.17, 15) is 0 Å². The number of rotatable bonds is 7. The fourth-order valence-electron chi connectivity index (χ4n) is 2.89. The van der Waals surface area contributed by atoms with Crippen LogP contribution in [0.1, 0.15) is 13.8 Å². The molecule has 0 atom stereocenters. The van der Waals surface area contributed by atoms with E-state index in [4.69, 9.17) is 19.9 Å². The van der Waals surface area contributed by atoms with E-state index in [0.717, 1.165) is 18.8 Å². The third kappa shape index (κ3) is 5.77. The van der Waals surface area contributed by atoms with Crippen LogP contribution < -0.4 is 24.8 Å². The summed E-state index contributed by atoms with van der Waals surface area (Å²) in [6.45, 7) is 6.45. The second kappa shape index (κ2) is 11.2. The van der Waals surface area contributed by atoms with Crippen LogP contribution >= 0.6 is 11.3 Å².